The van der Waals surface area contributed by atoms with Crippen LogP contribution < -0.4 is 10.5 Å². The van der Waals surface area contributed by atoms with Crippen LogP contribution in [0, 0.1) is 10.1 Å². The highest BCUT2D eigenvalue weighted by molar-refractivity contribution is 7.90. The van der Waals surface area contributed by atoms with E-state index in [1.165, 1.54) is 19.8 Å². The molecule has 4 N–H and O–H groups in total. The fourth-order valence-electron chi connectivity index (χ4n) is 5.09. The van der Waals surface area contributed by atoms with Crippen LogP contribution in [0.5, 0.6) is 11.5 Å². The minimum Gasteiger partial charge on any atom is -0.480 e. The van der Waals surface area contributed by atoms with Crippen molar-refractivity contribution in [3.05, 3.63) is 110 Å². The molecule has 2 atom stereocenters. The third-order valence-electron chi connectivity index (χ3n) is 8.41. The predicted molar refractivity (Wildman–Crippen MR) is 214 cm³/mol. The van der Waals surface area contributed by atoms with Gasteiger partial charge in [-0.1, -0.05) is 16.8 Å². The van der Waals surface area contributed by atoms with Crippen molar-refractivity contribution in [1.29, 1.82) is 0 Å². The first-order valence-corrected chi connectivity index (χ1v) is 22.8. The molecule has 2 unspecified atom stereocenters. The van der Waals surface area contributed by atoms with Crippen LogP contribution in [0.3, 0.4) is 0 Å². The van der Waals surface area contributed by atoms with Crippen LogP contribution in [-0.2, 0) is 45.8 Å². The van der Waals surface area contributed by atoms with Gasteiger partial charge < -0.3 is 34.5 Å². The zero-order valence-corrected chi connectivity index (χ0v) is 36.3. The number of ketones is 1. The van der Waals surface area contributed by atoms with Crippen molar-refractivity contribution in [1.82, 2.24) is 5.16 Å². The number of nitrogens with zero attached hydrogens (tertiary/aromatic N) is 2. The fraction of sp³-hybridized carbons (Fsp3) is 0.342. The number of nitro groups is 1. The van der Waals surface area contributed by atoms with E-state index in [2.05, 4.69) is 9.89 Å². The number of rotatable bonds is 15. The second kappa shape index (κ2) is 21.9. The number of nitrogens with two attached hydrogens (primary N) is 1. The number of carboxylic acids is 1. The van der Waals surface area contributed by atoms with Gasteiger partial charge in [0.05, 0.1) is 44.3 Å². The zero-order valence-electron chi connectivity index (χ0n) is 33.8. The summed E-state index contributed by atoms with van der Waals surface area (Å²) >= 11 is 5.81. The first kappa shape index (κ1) is 53.5. The molecule has 0 saturated heterocycles. The molecule has 0 aliphatic heterocycles. The van der Waals surface area contributed by atoms with E-state index >= 15 is 0 Å². The van der Waals surface area contributed by atoms with E-state index in [4.69, 9.17) is 41.3 Å². The molecule has 0 radical (unpaired) electrons. The summed E-state index contributed by atoms with van der Waals surface area (Å²) in [6, 6.07) is 6.37. The van der Waals surface area contributed by atoms with Crippen molar-refractivity contribution >= 4 is 58.2 Å². The number of carbonyl (C=O) groups is 4. The normalized spacial score (nSPS) is 14.0. The van der Waals surface area contributed by atoms with E-state index < -0.39 is 98.1 Å². The van der Waals surface area contributed by atoms with Crippen LogP contribution in [-0.4, -0.2) is 90.5 Å². The average Bonchev–Trinajstić information content (AvgIpc) is 3.93. The number of aliphatic carboxylic acids is 1. The molecular formula is C38H37ClF6N3O15PS. The van der Waals surface area contributed by atoms with E-state index in [1.54, 1.807) is 0 Å². The van der Waals surface area contributed by atoms with Gasteiger partial charge in [-0.25, -0.2) is 18.0 Å². The number of benzene rings is 3. The smallest absolute Gasteiger partial charge is 0.416 e. The van der Waals surface area contributed by atoms with E-state index in [0.29, 0.717) is 24.0 Å². The Kier molecular flexibility index (Phi) is 18.0. The van der Waals surface area contributed by atoms with Crippen molar-refractivity contribution in [2.45, 2.75) is 55.4 Å². The second-order valence-corrected chi connectivity index (χ2v) is 18.7. The minimum atomic E-state index is -4.71. The molecule has 18 nitrogen and oxygen atoms in total. The Labute approximate surface area is 369 Å². The lowest BCUT2D eigenvalue weighted by atomic mass is 10.0. The van der Waals surface area contributed by atoms with Gasteiger partial charge in [-0.15, -0.1) is 0 Å². The molecule has 3 aromatic carbocycles. The fourth-order valence-corrected chi connectivity index (χ4v) is 6.97. The molecule has 0 amide bonds. The standard InChI is InChI=1S/C18H13ClF3NO7.C15H12F3NO4S.C5H12NO4P/c1-2-28-16(24)9-29-17(25)12-8-11(4-5-14(12)23(26)27)30-15-6-3-10(7-13(15)19)18(20,21)22;1-24(21,22)12-6-9(15(16,17)18)4-5-10(12)13(20)11-7-19-23-14(11)8-2-3-8;1-11(9,10)3-2-4(6)5(7)8/h3-8H,2,9H2,1H3;4-8H,2-3H2,1H3;4H,2-3,6H2,1H3,(H,7,8)(H,9,10). The van der Waals surface area contributed by atoms with Gasteiger partial charge >= 0.3 is 30.3 Å². The molecule has 1 fully saturated rings. The highest BCUT2D eigenvalue weighted by atomic mass is 35.5. The Hall–Kier alpha value is -5.88. The van der Waals surface area contributed by atoms with Crippen molar-refractivity contribution in [3.8, 4) is 11.5 Å². The largest absolute Gasteiger partial charge is 0.480 e. The molecule has 0 bridgehead atoms. The monoisotopic (exact) mass is 987 g/mol. The van der Waals surface area contributed by atoms with Crippen LogP contribution in [0.15, 0.2) is 70.2 Å². The molecule has 65 heavy (non-hydrogen) atoms. The lowest BCUT2D eigenvalue weighted by Gasteiger charge is -2.12. The van der Waals surface area contributed by atoms with Crippen molar-refractivity contribution < 1.29 is 92.2 Å². The molecule has 4 aromatic rings. The molecule has 1 aromatic heterocycles. The van der Waals surface area contributed by atoms with Crippen LogP contribution >= 0.6 is 19.0 Å². The Morgan fingerprint density at radius 1 is 0.985 bits per heavy atom. The molecular weight excluding hydrogens is 951 g/mol. The Morgan fingerprint density at radius 2 is 1.58 bits per heavy atom. The summed E-state index contributed by atoms with van der Waals surface area (Å²) in [6.07, 6.45) is -5.75. The number of sulfone groups is 1. The molecule has 354 valence electrons. The van der Waals surface area contributed by atoms with Crippen molar-refractivity contribution in [2.24, 2.45) is 5.73 Å². The first-order valence-electron chi connectivity index (χ1n) is 18.3. The van der Waals surface area contributed by atoms with Crippen LogP contribution in [0.2, 0.25) is 5.02 Å². The number of halogens is 7. The summed E-state index contributed by atoms with van der Waals surface area (Å²) in [5.41, 5.74) is 1.56. The lowest BCUT2D eigenvalue weighted by Crippen LogP contribution is -2.30. The van der Waals surface area contributed by atoms with Gasteiger partial charge in [0.2, 0.25) is 0 Å². The number of hydrogen-bond acceptors (Lipinski definition) is 15. The third-order valence-corrected chi connectivity index (χ3v) is 10.9. The van der Waals surface area contributed by atoms with E-state index in [1.807, 2.05) is 0 Å². The summed E-state index contributed by atoms with van der Waals surface area (Å²) in [5.74, 6) is -3.82. The van der Waals surface area contributed by atoms with Gasteiger partial charge in [-0.05, 0) is 68.7 Å². The second-order valence-electron chi connectivity index (χ2n) is 13.8. The highest BCUT2D eigenvalue weighted by Gasteiger charge is 2.36. The summed E-state index contributed by atoms with van der Waals surface area (Å²) in [5, 5.41) is 22.6. The molecule has 0 spiro atoms. The van der Waals surface area contributed by atoms with Gasteiger partial charge in [0.1, 0.15) is 23.1 Å². The highest BCUT2D eigenvalue weighted by Crippen LogP contribution is 2.43. The zero-order chi connectivity index (χ0) is 49.2. The molecule has 5 rings (SSSR count). The quantitative estimate of drug-likeness (QED) is 0.0257. The number of hydrogen-bond donors (Lipinski definition) is 3. The summed E-state index contributed by atoms with van der Waals surface area (Å²) in [7, 11) is -7.14. The number of aromatic nitrogens is 1. The maximum atomic E-state index is 12.8. The predicted octanol–water partition coefficient (Wildman–Crippen LogP) is 7.67. The van der Waals surface area contributed by atoms with Crippen LogP contribution in [0.4, 0.5) is 32.0 Å². The van der Waals surface area contributed by atoms with E-state index in [0.717, 1.165) is 55.5 Å². The minimum absolute atomic E-state index is 0.0412. The topological polar surface area (TPSA) is 283 Å². The Balaban J connectivity index is 0.000000286. The number of esters is 2. The van der Waals surface area contributed by atoms with Gasteiger partial charge in [0.15, 0.2) is 35.4 Å². The van der Waals surface area contributed by atoms with Crippen molar-refractivity contribution in [3.63, 3.8) is 0 Å². The summed E-state index contributed by atoms with van der Waals surface area (Å²) in [4.78, 5) is 64.6. The van der Waals surface area contributed by atoms with Crippen LogP contribution in [0.25, 0.3) is 0 Å². The molecule has 1 aliphatic rings. The summed E-state index contributed by atoms with van der Waals surface area (Å²) in [6.45, 7) is 2.01. The van der Waals surface area contributed by atoms with Crippen molar-refractivity contribution in [2.75, 3.05) is 32.3 Å². The SMILES string of the molecule is CCOC(=O)COC(=O)c1cc(Oc2ccc(C(F)(F)F)cc2Cl)ccc1[N+](=O)[O-].CP(=O)(O)CCC(N)C(=O)O.CS(=O)(=O)c1cc(C(F)(F)F)ccc1C(=O)c1cnoc1C1CC1. The molecule has 1 saturated carbocycles. The number of carbonyl (C=O) groups excluding carboxylic acids is 3. The van der Waals surface area contributed by atoms with Gasteiger partial charge in [-0.2, -0.15) is 26.3 Å². The molecule has 1 heterocycles. The van der Waals surface area contributed by atoms with E-state index in [9.17, 15) is 68.6 Å². The first-order chi connectivity index (χ1) is 29.9. The third kappa shape index (κ3) is 16.3. The number of ether oxygens (including phenoxy) is 3. The van der Waals surface area contributed by atoms with Crippen LogP contribution in [0.1, 0.15) is 75.3 Å². The number of carboxylic acid groups (broad SMARTS) is 1. The van der Waals surface area contributed by atoms with E-state index in [-0.39, 0.29) is 52.8 Å². The Bertz CT molecular complexity index is 2580. The van der Waals surface area contributed by atoms with Gasteiger partial charge in [0, 0.05) is 42.7 Å². The maximum Gasteiger partial charge on any atom is 0.416 e. The Morgan fingerprint density at radius 3 is 2.09 bits per heavy atom. The van der Waals surface area contributed by atoms with Gasteiger partial charge in [0.25, 0.3) is 5.69 Å². The molecule has 1 aliphatic carbocycles. The summed E-state index contributed by atoms with van der Waals surface area (Å²) < 4.78 is 131. The number of nitro benzene ring substituents is 1. The average molecular weight is 988 g/mol. The lowest BCUT2D eigenvalue weighted by molar-refractivity contribution is -0.385. The maximum absolute atomic E-state index is 12.8. The van der Waals surface area contributed by atoms with Gasteiger partial charge in [-0.3, -0.25) is 24.3 Å². The molecule has 27 heteroatoms. The number of alkyl halides is 6.